The number of nitrogens with one attached hydrogen (secondary N) is 1. The largest absolute Gasteiger partial charge is 0.413 e. The van der Waals surface area contributed by atoms with E-state index in [1.165, 1.54) is 6.07 Å². The predicted molar refractivity (Wildman–Crippen MR) is 122 cm³/mol. The van der Waals surface area contributed by atoms with Gasteiger partial charge in [0, 0.05) is 12.1 Å². The van der Waals surface area contributed by atoms with Crippen LogP contribution in [0.5, 0.6) is 5.75 Å². The summed E-state index contributed by atoms with van der Waals surface area (Å²) in [6.07, 6.45) is -7.64. The molecule has 39 heavy (non-hydrogen) atoms. The summed E-state index contributed by atoms with van der Waals surface area (Å²) < 4.78 is 89.1. The number of nitrogens with zero attached hydrogens (tertiary/aromatic N) is 3. The summed E-state index contributed by atoms with van der Waals surface area (Å²) in [5.74, 6) is -5.67. The first kappa shape index (κ1) is 26.5. The number of β-amino-alcohol motifs (C(OH)–C–C–N with tert-alkyl or cyclic N) is 1. The van der Waals surface area contributed by atoms with Crippen LogP contribution in [0.4, 0.5) is 37.0 Å². The first-order chi connectivity index (χ1) is 18.3. The van der Waals surface area contributed by atoms with E-state index in [-0.39, 0.29) is 25.2 Å². The standard InChI is InChI=1S/C24H18F6N4O5/c25-11-6-14(26)19(15(27)7-11)34-10-16(39-22(38)32-23(4-1-5-23)24(28,29)30)20(37)13-2-3-17(31-21(13)34)33-9-12(35)8-18(33)36/h2-3,6-7,10,12,35H,1,4-5,8-9H2,(H,32,38)/t12-/m0/s1. The van der Waals surface area contributed by atoms with Gasteiger partial charge in [-0.05, 0) is 31.4 Å². The van der Waals surface area contributed by atoms with Crippen molar-refractivity contribution in [3.05, 3.63) is 58.1 Å². The quantitative estimate of drug-likeness (QED) is 0.476. The monoisotopic (exact) mass is 556 g/mol. The normalized spacial score (nSPS) is 18.8. The Balaban J connectivity index is 1.64. The number of pyridine rings is 2. The second kappa shape index (κ2) is 9.25. The van der Waals surface area contributed by atoms with Crippen LogP contribution in [0.3, 0.4) is 0 Å². The number of alkyl halides is 3. The van der Waals surface area contributed by atoms with Crippen LogP contribution in [0.2, 0.25) is 0 Å². The van der Waals surface area contributed by atoms with Gasteiger partial charge in [0.05, 0.1) is 30.7 Å². The Kier molecular flexibility index (Phi) is 6.28. The molecule has 2 aliphatic rings. The maximum Gasteiger partial charge on any atom is 0.413 e. The van der Waals surface area contributed by atoms with E-state index in [4.69, 9.17) is 4.74 Å². The summed E-state index contributed by atoms with van der Waals surface area (Å²) in [5.41, 5.74) is -5.01. The zero-order valence-corrected chi connectivity index (χ0v) is 19.7. The molecule has 2 aromatic heterocycles. The fourth-order valence-corrected chi connectivity index (χ4v) is 4.57. The molecule has 206 valence electrons. The van der Waals surface area contributed by atoms with Gasteiger partial charge in [0.25, 0.3) is 0 Å². The molecular formula is C24H18F6N4O5. The number of carbonyl (C=O) groups excluding carboxylic acids is 2. The number of aliphatic hydroxyl groups is 1. The number of carbonyl (C=O) groups is 2. The van der Waals surface area contributed by atoms with E-state index >= 15 is 0 Å². The van der Waals surface area contributed by atoms with Crippen LogP contribution >= 0.6 is 0 Å². The lowest BCUT2D eigenvalue weighted by Gasteiger charge is -2.42. The second-order valence-electron chi connectivity index (χ2n) is 9.26. The Morgan fingerprint density at radius 3 is 2.33 bits per heavy atom. The number of benzene rings is 1. The molecule has 9 nitrogen and oxygen atoms in total. The van der Waals surface area contributed by atoms with Crippen LogP contribution in [0.25, 0.3) is 16.7 Å². The van der Waals surface area contributed by atoms with Crippen molar-refractivity contribution in [3.8, 4) is 11.4 Å². The van der Waals surface area contributed by atoms with Crippen molar-refractivity contribution in [1.82, 2.24) is 14.9 Å². The molecule has 5 rings (SSSR count). The first-order valence-electron chi connectivity index (χ1n) is 11.6. The molecular weight excluding hydrogens is 538 g/mol. The summed E-state index contributed by atoms with van der Waals surface area (Å²) >= 11 is 0. The molecule has 0 radical (unpaired) electrons. The Morgan fingerprint density at radius 2 is 1.79 bits per heavy atom. The fraction of sp³-hybridized carbons (Fsp3) is 0.333. The summed E-state index contributed by atoms with van der Waals surface area (Å²) in [7, 11) is 0. The number of halogens is 6. The zero-order chi connectivity index (χ0) is 28.3. The van der Waals surface area contributed by atoms with Gasteiger partial charge in [0.1, 0.15) is 22.9 Å². The molecule has 1 saturated heterocycles. The Morgan fingerprint density at radius 1 is 1.13 bits per heavy atom. The van der Waals surface area contributed by atoms with Crippen LogP contribution < -0.4 is 20.4 Å². The summed E-state index contributed by atoms with van der Waals surface area (Å²) in [6.45, 7) is -0.150. The van der Waals surface area contributed by atoms with E-state index in [1.807, 2.05) is 0 Å². The van der Waals surface area contributed by atoms with Crippen molar-refractivity contribution in [2.45, 2.75) is 43.5 Å². The molecule has 15 heteroatoms. The minimum absolute atomic E-state index is 0.0939. The van der Waals surface area contributed by atoms with Crippen molar-refractivity contribution < 1.29 is 45.8 Å². The maximum absolute atomic E-state index is 14.8. The molecule has 0 spiro atoms. The van der Waals surface area contributed by atoms with Crippen molar-refractivity contribution in [3.63, 3.8) is 0 Å². The van der Waals surface area contributed by atoms with Crippen molar-refractivity contribution in [2.24, 2.45) is 0 Å². The number of anilines is 1. The highest BCUT2D eigenvalue weighted by Crippen LogP contribution is 2.45. The van der Waals surface area contributed by atoms with E-state index in [0.717, 1.165) is 11.0 Å². The molecule has 1 aliphatic heterocycles. The topological polar surface area (TPSA) is 114 Å². The summed E-state index contributed by atoms with van der Waals surface area (Å²) in [5, 5.41) is 11.1. The van der Waals surface area contributed by atoms with Crippen LogP contribution in [-0.2, 0) is 4.79 Å². The van der Waals surface area contributed by atoms with Crippen LogP contribution in [0.15, 0.2) is 35.3 Å². The lowest BCUT2D eigenvalue weighted by molar-refractivity contribution is -0.215. The molecule has 3 heterocycles. The van der Waals surface area contributed by atoms with Gasteiger partial charge in [-0.25, -0.2) is 22.9 Å². The van der Waals surface area contributed by atoms with Gasteiger partial charge in [0.15, 0.2) is 23.0 Å². The summed E-state index contributed by atoms with van der Waals surface area (Å²) in [6, 6.07) is 2.97. The lowest BCUT2D eigenvalue weighted by Crippen LogP contribution is -2.63. The molecule has 1 aromatic carbocycles. The number of amides is 2. The lowest BCUT2D eigenvalue weighted by atomic mass is 9.76. The molecule has 0 unspecified atom stereocenters. The highest BCUT2D eigenvalue weighted by molar-refractivity contribution is 5.96. The molecule has 1 atom stereocenters. The average Bonchev–Trinajstić information content (AvgIpc) is 3.15. The van der Waals surface area contributed by atoms with E-state index in [0.29, 0.717) is 22.9 Å². The number of ether oxygens (including phenoxy) is 1. The van der Waals surface area contributed by atoms with Crippen LogP contribution in [0, 0.1) is 17.5 Å². The van der Waals surface area contributed by atoms with Gasteiger partial charge in [-0.1, -0.05) is 0 Å². The first-order valence-corrected chi connectivity index (χ1v) is 11.6. The summed E-state index contributed by atoms with van der Waals surface area (Å²) in [4.78, 5) is 43.0. The van der Waals surface area contributed by atoms with Crippen molar-refractivity contribution in [2.75, 3.05) is 11.4 Å². The number of hydrogen-bond acceptors (Lipinski definition) is 6. The molecule has 3 aromatic rings. The zero-order valence-electron chi connectivity index (χ0n) is 19.7. The third kappa shape index (κ3) is 4.56. The van der Waals surface area contributed by atoms with Gasteiger partial charge >= 0.3 is 12.3 Å². The number of aliphatic hydroxyl groups excluding tert-OH is 1. The van der Waals surface area contributed by atoms with Crippen LogP contribution in [0.1, 0.15) is 25.7 Å². The third-order valence-electron chi connectivity index (χ3n) is 6.70. The number of rotatable bonds is 4. The predicted octanol–water partition coefficient (Wildman–Crippen LogP) is 3.47. The molecule has 1 aliphatic carbocycles. The fourth-order valence-electron chi connectivity index (χ4n) is 4.57. The van der Waals surface area contributed by atoms with E-state index in [9.17, 15) is 45.8 Å². The number of hydrogen-bond donors (Lipinski definition) is 2. The molecule has 2 amide bonds. The van der Waals surface area contributed by atoms with Gasteiger partial charge < -0.3 is 15.2 Å². The van der Waals surface area contributed by atoms with Crippen molar-refractivity contribution >= 4 is 28.9 Å². The molecule has 2 N–H and O–H groups in total. The van der Waals surface area contributed by atoms with E-state index < -0.39 is 88.0 Å². The minimum Gasteiger partial charge on any atom is -0.405 e. The SMILES string of the molecule is O=C(NC1(C(F)(F)F)CCC1)Oc1cn(-c2c(F)cc(F)cc2F)c2nc(N3C[C@@H](O)CC3=O)ccc2c1=O. The Labute approximate surface area is 214 Å². The Hall–Kier alpha value is -4.14. The Bertz CT molecular complexity index is 1550. The minimum atomic E-state index is -4.80. The molecule has 1 saturated carbocycles. The highest BCUT2D eigenvalue weighted by atomic mass is 19.4. The molecule has 2 fully saturated rings. The molecule has 0 bridgehead atoms. The smallest absolute Gasteiger partial charge is 0.405 e. The van der Waals surface area contributed by atoms with Gasteiger partial charge in [-0.2, -0.15) is 13.2 Å². The maximum atomic E-state index is 14.8. The average molecular weight is 556 g/mol. The second-order valence-corrected chi connectivity index (χ2v) is 9.26. The van der Waals surface area contributed by atoms with E-state index in [2.05, 4.69) is 4.98 Å². The van der Waals surface area contributed by atoms with Crippen LogP contribution in [-0.4, -0.2) is 51.0 Å². The van der Waals surface area contributed by atoms with E-state index in [1.54, 1.807) is 5.32 Å². The third-order valence-corrected chi connectivity index (χ3v) is 6.70. The van der Waals surface area contributed by atoms with Gasteiger partial charge in [-0.3, -0.25) is 19.1 Å². The van der Waals surface area contributed by atoms with Gasteiger partial charge in [0.2, 0.25) is 11.3 Å². The number of aromatic nitrogens is 2. The highest BCUT2D eigenvalue weighted by Gasteiger charge is 2.59. The van der Waals surface area contributed by atoms with Crippen molar-refractivity contribution in [1.29, 1.82) is 0 Å². The number of fused-ring (bicyclic) bond motifs is 1. The van der Waals surface area contributed by atoms with Gasteiger partial charge in [-0.15, -0.1) is 0 Å².